The van der Waals surface area contributed by atoms with E-state index in [1.54, 1.807) is 29.3 Å². The van der Waals surface area contributed by atoms with Crippen LogP contribution in [-0.2, 0) is 16.1 Å². The van der Waals surface area contributed by atoms with E-state index in [1.807, 2.05) is 6.92 Å². The average Bonchev–Trinajstić information content (AvgIpc) is 3.45. The van der Waals surface area contributed by atoms with Crippen LogP contribution in [-0.4, -0.2) is 74.1 Å². The van der Waals surface area contributed by atoms with Gasteiger partial charge in [0.25, 0.3) is 0 Å². The maximum absolute atomic E-state index is 12.6. The molecule has 2 aromatic rings. The molecule has 1 N–H and O–H groups in total. The third-order valence-electron chi connectivity index (χ3n) is 5.29. The minimum Gasteiger partial charge on any atom is -0.352 e. The Balaban J connectivity index is 1.33. The molecule has 1 unspecified atom stereocenters. The minimum atomic E-state index is -0.317. The van der Waals surface area contributed by atoms with Crippen LogP contribution in [0.1, 0.15) is 19.8 Å². The van der Waals surface area contributed by atoms with E-state index in [4.69, 9.17) is 0 Å². The number of hydrogen-bond acceptors (Lipinski definition) is 5. The number of aromatic nitrogens is 3. The topological polar surface area (TPSA) is 91.9 Å². The molecule has 9 nitrogen and oxygen atoms in total. The highest BCUT2D eigenvalue weighted by Crippen LogP contribution is 2.19. The number of fused-ring (bicyclic) bond motifs is 1. The van der Waals surface area contributed by atoms with Gasteiger partial charge in [0.05, 0.1) is 6.04 Å². The maximum atomic E-state index is 12.6. The predicted molar refractivity (Wildman–Crippen MR) is 98.2 cm³/mol. The standard InChI is InChI=1S/C18H24N6O3/c1-13(17(26)19-14-5-6-14)21-8-10-22(11-9-21)16(25)12-24-18(27)23-7-3-2-4-15(23)20-24/h2-4,7,13-14H,5-6,8-12H2,1H3,(H,19,26). The number of carbonyl (C=O) groups is 2. The van der Waals surface area contributed by atoms with E-state index in [1.165, 1.54) is 9.08 Å². The molecule has 9 heteroatoms. The molecule has 2 amide bonds. The lowest BCUT2D eigenvalue weighted by atomic mass is 10.2. The summed E-state index contributed by atoms with van der Waals surface area (Å²) in [5.41, 5.74) is 0.207. The summed E-state index contributed by atoms with van der Waals surface area (Å²) < 4.78 is 2.63. The van der Waals surface area contributed by atoms with E-state index in [0.717, 1.165) is 12.8 Å². The van der Waals surface area contributed by atoms with Gasteiger partial charge in [-0.25, -0.2) is 9.48 Å². The molecule has 0 radical (unpaired) electrons. The maximum Gasteiger partial charge on any atom is 0.350 e. The van der Waals surface area contributed by atoms with E-state index >= 15 is 0 Å². The molecule has 1 aliphatic heterocycles. The second kappa shape index (κ2) is 7.15. The average molecular weight is 372 g/mol. The smallest absolute Gasteiger partial charge is 0.350 e. The summed E-state index contributed by atoms with van der Waals surface area (Å²) in [5, 5.41) is 7.23. The Labute approximate surface area is 156 Å². The van der Waals surface area contributed by atoms with E-state index in [-0.39, 0.29) is 30.1 Å². The Hall–Kier alpha value is -2.68. The Morgan fingerprint density at radius 3 is 2.63 bits per heavy atom. The fourth-order valence-corrected chi connectivity index (χ4v) is 3.37. The van der Waals surface area contributed by atoms with E-state index in [9.17, 15) is 14.4 Å². The van der Waals surface area contributed by atoms with E-state index in [2.05, 4.69) is 15.3 Å². The van der Waals surface area contributed by atoms with Crippen LogP contribution in [0, 0.1) is 0 Å². The highest BCUT2D eigenvalue weighted by molar-refractivity contribution is 5.82. The van der Waals surface area contributed by atoms with E-state index in [0.29, 0.717) is 37.9 Å². The zero-order chi connectivity index (χ0) is 19.0. The zero-order valence-electron chi connectivity index (χ0n) is 15.4. The second-order valence-corrected chi connectivity index (χ2v) is 7.24. The van der Waals surface area contributed by atoms with Gasteiger partial charge in [-0.05, 0) is 31.9 Å². The number of nitrogens with zero attached hydrogens (tertiary/aromatic N) is 5. The van der Waals surface area contributed by atoms with Gasteiger partial charge >= 0.3 is 5.69 Å². The molecule has 1 aliphatic carbocycles. The second-order valence-electron chi connectivity index (χ2n) is 7.24. The van der Waals surface area contributed by atoms with Gasteiger partial charge in [0.2, 0.25) is 11.8 Å². The fourth-order valence-electron chi connectivity index (χ4n) is 3.37. The molecule has 0 aromatic carbocycles. The number of nitrogens with one attached hydrogen (secondary N) is 1. The Morgan fingerprint density at radius 1 is 1.22 bits per heavy atom. The van der Waals surface area contributed by atoms with Crippen LogP contribution in [0.15, 0.2) is 29.2 Å². The quantitative estimate of drug-likeness (QED) is 0.750. The van der Waals surface area contributed by atoms with Crippen LogP contribution >= 0.6 is 0 Å². The summed E-state index contributed by atoms with van der Waals surface area (Å²) in [6.45, 7) is 4.21. The van der Waals surface area contributed by atoms with Gasteiger partial charge in [-0.15, -0.1) is 5.10 Å². The van der Waals surface area contributed by atoms with Crippen molar-refractivity contribution in [2.75, 3.05) is 26.2 Å². The van der Waals surface area contributed by atoms with Crippen LogP contribution in [0.3, 0.4) is 0 Å². The lowest BCUT2D eigenvalue weighted by Gasteiger charge is -2.37. The Morgan fingerprint density at radius 2 is 1.96 bits per heavy atom. The molecule has 2 aromatic heterocycles. The summed E-state index contributed by atoms with van der Waals surface area (Å²) in [6, 6.07) is 5.45. The molecule has 0 spiro atoms. The van der Waals surface area contributed by atoms with Crippen molar-refractivity contribution in [3.8, 4) is 0 Å². The van der Waals surface area contributed by atoms with Crippen molar-refractivity contribution in [1.82, 2.24) is 29.3 Å². The van der Waals surface area contributed by atoms with Gasteiger partial charge in [-0.1, -0.05) is 6.07 Å². The molecule has 144 valence electrons. The third kappa shape index (κ3) is 3.73. The van der Waals surface area contributed by atoms with Crippen molar-refractivity contribution in [1.29, 1.82) is 0 Å². The Kier molecular flexibility index (Phi) is 4.69. The monoisotopic (exact) mass is 372 g/mol. The van der Waals surface area contributed by atoms with Crippen LogP contribution in [0.2, 0.25) is 0 Å². The van der Waals surface area contributed by atoms with Gasteiger partial charge < -0.3 is 10.2 Å². The fraction of sp³-hybridized carbons (Fsp3) is 0.556. The Bertz CT molecular complexity index is 907. The molecular weight excluding hydrogens is 348 g/mol. The van der Waals surface area contributed by atoms with Gasteiger partial charge in [-0.2, -0.15) is 0 Å². The summed E-state index contributed by atoms with van der Waals surface area (Å²) in [4.78, 5) is 40.9. The molecule has 3 heterocycles. The van der Waals surface area contributed by atoms with Gasteiger partial charge in [0.1, 0.15) is 6.54 Å². The van der Waals surface area contributed by atoms with Crippen LogP contribution in [0.4, 0.5) is 0 Å². The number of rotatable bonds is 5. The predicted octanol–water partition coefficient (Wildman–Crippen LogP) is -0.693. The van der Waals surface area contributed by atoms with Crippen molar-refractivity contribution in [2.45, 2.75) is 38.4 Å². The molecular formula is C18H24N6O3. The number of carbonyl (C=O) groups excluding carboxylic acids is 2. The number of hydrogen-bond donors (Lipinski definition) is 1. The summed E-state index contributed by atoms with van der Waals surface area (Å²) in [5.74, 6) is -0.0660. The van der Waals surface area contributed by atoms with Crippen molar-refractivity contribution < 1.29 is 9.59 Å². The summed E-state index contributed by atoms with van der Waals surface area (Å²) in [6.07, 6.45) is 3.78. The van der Waals surface area contributed by atoms with Crippen molar-refractivity contribution in [2.24, 2.45) is 0 Å². The van der Waals surface area contributed by atoms with Crippen LogP contribution in [0.5, 0.6) is 0 Å². The van der Waals surface area contributed by atoms with Gasteiger partial charge in [0.15, 0.2) is 5.65 Å². The van der Waals surface area contributed by atoms with Crippen LogP contribution < -0.4 is 11.0 Å². The van der Waals surface area contributed by atoms with Crippen molar-refractivity contribution in [3.63, 3.8) is 0 Å². The normalized spacial score (nSPS) is 19.2. The largest absolute Gasteiger partial charge is 0.352 e. The first-order chi connectivity index (χ1) is 13.0. The number of pyridine rings is 1. The van der Waals surface area contributed by atoms with Gasteiger partial charge in [0, 0.05) is 38.4 Å². The van der Waals surface area contributed by atoms with Crippen LogP contribution in [0.25, 0.3) is 5.65 Å². The third-order valence-corrected chi connectivity index (χ3v) is 5.29. The zero-order valence-corrected chi connectivity index (χ0v) is 15.4. The first kappa shape index (κ1) is 17.7. The molecule has 2 aliphatic rings. The van der Waals surface area contributed by atoms with Gasteiger partial charge in [-0.3, -0.25) is 18.9 Å². The lowest BCUT2D eigenvalue weighted by molar-refractivity contribution is -0.135. The van der Waals surface area contributed by atoms with Crippen molar-refractivity contribution in [3.05, 3.63) is 34.9 Å². The highest BCUT2D eigenvalue weighted by atomic mass is 16.2. The lowest BCUT2D eigenvalue weighted by Crippen LogP contribution is -2.55. The molecule has 4 rings (SSSR count). The van der Waals surface area contributed by atoms with Crippen molar-refractivity contribution >= 4 is 17.5 Å². The minimum absolute atomic E-state index is 0.0635. The molecule has 0 bridgehead atoms. The molecule has 27 heavy (non-hydrogen) atoms. The SMILES string of the molecule is CC(C(=O)NC1CC1)N1CCN(C(=O)Cn2nc3ccccn3c2=O)CC1. The summed E-state index contributed by atoms with van der Waals surface area (Å²) in [7, 11) is 0. The molecule has 1 saturated heterocycles. The number of amides is 2. The molecule has 1 saturated carbocycles. The summed E-state index contributed by atoms with van der Waals surface area (Å²) >= 11 is 0. The first-order valence-electron chi connectivity index (χ1n) is 9.39. The molecule has 2 fully saturated rings. The first-order valence-corrected chi connectivity index (χ1v) is 9.39. The molecule has 1 atom stereocenters. The highest BCUT2D eigenvalue weighted by Gasteiger charge is 2.31. The number of piperazine rings is 1. The van der Waals surface area contributed by atoms with E-state index < -0.39 is 0 Å².